The number of piperazine rings is 1. The second-order valence-corrected chi connectivity index (χ2v) is 6.56. The van der Waals surface area contributed by atoms with Gasteiger partial charge in [-0.2, -0.15) is 0 Å². The number of imidazole rings is 1. The Kier molecular flexibility index (Phi) is 6.25. The summed E-state index contributed by atoms with van der Waals surface area (Å²) in [5, 5.41) is 2.94. The van der Waals surface area contributed by atoms with E-state index in [1.54, 1.807) is 7.11 Å². The first-order valence-electron chi connectivity index (χ1n) is 9.00. The van der Waals surface area contributed by atoms with Crippen LogP contribution >= 0.6 is 0 Å². The van der Waals surface area contributed by atoms with E-state index in [1.165, 1.54) is 0 Å². The molecule has 1 N–H and O–H groups in total. The summed E-state index contributed by atoms with van der Waals surface area (Å²) in [4.78, 5) is 21.1. The fraction of sp³-hybridized carbons (Fsp3) is 0.474. The third kappa shape index (κ3) is 5.06. The number of aryl methyl sites for hydroxylation is 1. The number of aromatic nitrogens is 2. The van der Waals surface area contributed by atoms with Crippen molar-refractivity contribution < 1.29 is 9.53 Å². The van der Waals surface area contributed by atoms with Crippen molar-refractivity contribution in [3.8, 4) is 5.75 Å². The van der Waals surface area contributed by atoms with Gasteiger partial charge in [0.25, 0.3) is 0 Å². The van der Waals surface area contributed by atoms with E-state index in [1.807, 2.05) is 43.6 Å². The summed E-state index contributed by atoms with van der Waals surface area (Å²) in [7, 11) is 1.63. The molecule has 0 bridgehead atoms. The summed E-state index contributed by atoms with van der Waals surface area (Å²) >= 11 is 0. The Morgan fingerprint density at radius 1 is 1.12 bits per heavy atom. The molecule has 1 saturated heterocycles. The first kappa shape index (κ1) is 18.4. The van der Waals surface area contributed by atoms with Crippen molar-refractivity contribution in [1.82, 2.24) is 19.4 Å². The lowest BCUT2D eigenvalue weighted by atomic mass is 10.3. The summed E-state index contributed by atoms with van der Waals surface area (Å²) in [5.74, 6) is 1.86. The number of ether oxygens (including phenoxy) is 1. The molecule has 7 nitrogen and oxygen atoms in total. The molecule has 0 radical (unpaired) electrons. The van der Waals surface area contributed by atoms with Gasteiger partial charge in [0.1, 0.15) is 11.6 Å². The third-order valence-corrected chi connectivity index (χ3v) is 4.79. The van der Waals surface area contributed by atoms with Crippen molar-refractivity contribution in [2.45, 2.75) is 13.5 Å². The zero-order chi connectivity index (χ0) is 18.4. The molecule has 1 aliphatic heterocycles. The van der Waals surface area contributed by atoms with Gasteiger partial charge in [-0.15, -0.1) is 0 Å². The third-order valence-electron chi connectivity index (χ3n) is 4.79. The first-order valence-corrected chi connectivity index (χ1v) is 9.00. The van der Waals surface area contributed by atoms with Crippen molar-refractivity contribution >= 4 is 11.6 Å². The van der Waals surface area contributed by atoms with Crippen molar-refractivity contribution in [2.24, 2.45) is 0 Å². The maximum Gasteiger partial charge on any atom is 0.238 e. The number of nitrogens with zero attached hydrogens (tertiary/aromatic N) is 4. The van der Waals surface area contributed by atoms with Gasteiger partial charge in [-0.25, -0.2) is 4.98 Å². The van der Waals surface area contributed by atoms with Crippen LogP contribution in [0.1, 0.15) is 5.82 Å². The molecule has 7 heteroatoms. The van der Waals surface area contributed by atoms with Crippen LogP contribution in [0.15, 0.2) is 36.7 Å². The molecule has 1 fully saturated rings. The highest BCUT2D eigenvalue weighted by Gasteiger charge is 2.19. The Morgan fingerprint density at radius 3 is 2.42 bits per heavy atom. The van der Waals surface area contributed by atoms with Crippen molar-refractivity contribution in [3.63, 3.8) is 0 Å². The number of hydrogen-bond acceptors (Lipinski definition) is 5. The number of amides is 1. The van der Waals surface area contributed by atoms with E-state index in [-0.39, 0.29) is 5.91 Å². The highest BCUT2D eigenvalue weighted by Crippen LogP contribution is 2.15. The fourth-order valence-electron chi connectivity index (χ4n) is 3.14. The van der Waals surface area contributed by atoms with Gasteiger partial charge in [-0.3, -0.25) is 14.6 Å². The molecule has 140 valence electrons. The van der Waals surface area contributed by atoms with E-state index in [2.05, 4.69) is 24.7 Å². The van der Waals surface area contributed by atoms with Crippen LogP contribution in [0.5, 0.6) is 5.75 Å². The smallest absolute Gasteiger partial charge is 0.238 e. The van der Waals surface area contributed by atoms with Gasteiger partial charge < -0.3 is 14.6 Å². The molecule has 1 aromatic carbocycles. The van der Waals surface area contributed by atoms with E-state index in [0.29, 0.717) is 6.54 Å². The van der Waals surface area contributed by atoms with Gasteiger partial charge in [0.15, 0.2) is 0 Å². The van der Waals surface area contributed by atoms with Crippen molar-refractivity contribution in [3.05, 3.63) is 42.5 Å². The van der Waals surface area contributed by atoms with Gasteiger partial charge in [-0.05, 0) is 31.2 Å². The predicted molar refractivity (Wildman–Crippen MR) is 101 cm³/mol. The van der Waals surface area contributed by atoms with Crippen LogP contribution in [0.2, 0.25) is 0 Å². The van der Waals surface area contributed by atoms with E-state index in [0.717, 1.165) is 56.5 Å². The second kappa shape index (κ2) is 8.82. The lowest BCUT2D eigenvalue weighted by molar-refractivity contribution is -0.117. The number of nitrogens with one attached hydrogen (secondary N) is 1. The lowest BCUT2D eigenvalue weighted by Crippen LogP contribution is -2.49. The number of carbonyl (C=O) groups is 1. The molecule has 1 amide bonds. The number of benzene rings is 1. The van der Waals surface area contributed by atoms with E-state index in [4.69, 9.17) is 4.74 Å². The maximum atomic E-state index is 12.2. The van der Waals surface area contributed by atoms with Gasteiger partial charge in [0, 0.05) is 57.3 Å². The minimum atomic E-state index is 0.0256. The van der Waals surface area contributed by atoms with E-state index >= 15 is 0 Å². The SMILES string of the molecule is COc1ccc(NC(=O)CN2CCN(CCn3ccnc3C)CC2)cc1. The molecule has 0 spiro atoms. The largest absolute Gasteiger partial charge is 0.497 e. The van der Waals surface area contributed by atoms with Crippen molar-refractivity contribution in [1.29, 1.82) is 0 Å². The minimum absolute atomic E-state index is 0.0256. The molecule has 1 aromatic heterocycles. The van der Waals surface area contributed by atoms with Crippen LogP contribution < -0.4 is 10.1 Å². The molecule has 1 aliphatic rings. The Labute approximate surface area is 154 Å². The first-order chi connectivity index (χ1) is 12.6. The molecule has 2 aromatic rings. The molecule has 0 atom stereocenters. The average Bonchev–Trinajstić information content (AvgIpc) is 3.06. The number of methoxy groups -OCH3 is 1. The molecule has 0 unspecified atom stereocenters. The number of hydrogen-bond donors (Lipinski definition) is 1. The molecule has 2 heterocycles. The lowest BCUT2D eigenvalue weighted by Gasteiger charge is -2.34. The van der Waals surface area contributed by atoms with E-state index < -0.39 is 0 Å². The van der Waals surface area contributed by atoms with Crippen LogP contribution in [0.25, 0.3) is 0 Å². The number of carbonyl (C=O) groups excluding carboxylic acids is 1. The summed E-state index contributed by atoms with van der Waals surface area (Å²) in [5.41, 5.74) is 0.796. The molecule has 0 saturated carbocycles. The Morgan fingerprint density at radius 2 is 1.81 bits per heavy atom. The Balaban J connectivity index is 1.37. The molecule has 0 aliphatic carbocycles. The van der Waals surface area contributed by atoms with Crippen LogP contribution in [0.4, 0.5) is 5.69 Å². The summed E-state index contributed by atoms with van der Waals surface area (Å²) < 4.78 is 7.30. The normalized spacial score (nSPS) is 15.8. The Hall–Kier alpha value is -2.38. The topological polar surface area (TPSA) is 62.6 Å². The summed E-state index contributed by atoms with van der Waals surface area (Å²) in [6.45, 7) is 8.25. The zero-order valence-corrected chi connectivity index (χ0v) is 15.5. The number of anilines is 1. The fourth-order valence-corrected chi connectivity index (χ4v) is 3.14. The van der Waals surface area contributed by atoms with Crippen LogP contribution in [-0.2, 0) is 11.3 Å². The molecule has 26 heavy (non-hydrogen) atoms. The standard InChI is InChI=1S/C19H27N5O2/c1-16-20-7-8-24(16)14-13-22-9-11-23(12-10-22)15-19(25)21-17-3-5-18(26-2)6-4-17/h3-8H,9-15H2,1-2H3,(H,21,25). The minimum Gasteiger partial charge on any atom is -0.497 e. The van der Waals surface area contributed by atoms with Crippen molar-refractivity contribution in [2.75, 3.05) is 51.7 Å². The molecule has 3 rings (SSSR count). The number of rotatable bonds is 7. The predicted octanol–water partition coefficient (Wildman–Crippen LogP) is 1.46. The van der Waals surface area contributed by atoms with Crippen LogP contribution in [0, 0.1) is 6.92 Å². The van der Waals surface area contributed by atoms with Gasteiger partial charge in [0.2, 0.25) is 5.91 Å². The van der Waals surface area contributed by atoms with Crippen LogP contribution in [0.3, 0.4) is 0 Å². The Bertz CT molecular complexity index is 705. The van der Waals surface area contributed by atoms with Crippen LogP contribution in [-0.4, -0.2) is 71.6 Å². The maximum absolute atomic E-state index is 12.2. The zero-order valence-electron chi connectivity index (χ0n) is 15.5. The summed E-state index contributed by atoms with van der Waals surface area (Å²) in [6.07, 6.45) is 3.86. The van der Waals surface area contributed by atoms with Gasteiger partial charge in [-0.1, -0.05) is 0 Å². The van der Waals surface area contributed by atoms with E-state index in [9.17, 15) is 4.79 Å². The van der Waals surface area contributed by atoms with Gasteiger partial charge in [0.05, 0.1) is 13.7 Å². The molecular weight excluding hydrogens is 330 g/mol. The summed E-state index contributed by atoms with van der Waals surface area (Å²) in [6, 6.07) is 7.40. The second-order valence-electron chi connectivity index (χ2n) is 6.56. The molecular formula is C19H27N5O2. The quantitative estimate of drug-likeness (QED) is 0.813. The monoisotopic (exact) mass is 357 g/mol. The average molecular weight is 357 g/mol. The highest BCUT2D eigenvalue weighted by atomic mass is 16.5. The van der Waals surface area contributed by atoms with Gasteiger partial charge >= 0.3 is 0 Å². The highest BCUT2D eigenvalue weighted by molar-refractivity contribution is 5.92.